The lowest BCUT2D eigenvalue weighted by molar-refractivity contribution is -0.132. The van der Waals surface area contributed by atoms with Crippen LogP contribution in [0.4, 0.5) is 0 Å². The molecule has 2 aromatic rings. The Morgan fingerprint density at radius 3 is 2.28 bits per heavy atom. The molecule has 2 aromatic carbocycles. The van der Waals surface area contributed by atoms with Gasteiger partial charge >= 0.3 is 0 Å². The van der Waals surface area contributed by atoms with Crippen molar-refractivity contribution >= 4 is 11.8 Å². The summed E-state index contributed by atoms with van der Waals surface area (Å²) in [5, 5.41) is 0. The van der Waals surface area contributed by atoms with E-state index in [4.69, 9.17) is 15.2 Å². The van der Waals surface area contributed by atoms with Crippen LogP contribution in [0.1, 0.15) is 6.42 Å². The number of hydrogen-bond donors (Lipinski definition) is 1. The standard InChI is InChI=1S/C19H20N2O4/c20-19(23)14-10-11-21(12-14)18(22)13-24-15-6-8-17(9-7-15)25-16-4-2-1-3-5-16/h1-9,14H,10-13H2,(H2,20,23)/t14-/m0/s1. The van der Waals surface area contributed by atoms with Gasteiger partial charge in [-0.3, -0.25) is 9.59 Å². The maximum atomic E-state index is 12.1. The molecule has 0 bridgehead atoms. The fourth-order valence-electron chi connectivity index (χ4n) is 2.68. The van der Waals surface area contributed by atoms with Crippen molar-refractivity contribution in [1.29, 1.82) is 0 Å². The molecule has 6 heteroatoms. The SMILES string of the molecule is NC(=O)[C@H]1CCN(C(=O)COc2ccc(Oc3ccccc3)cc2)C1. The van der Waals surface area contributed by atoms with Crippen LogP contribution in [0, 0.1) is 5.92 Å². The molecule has 0 spiro atoms. The van der Waals surface area contributed by atoms with Crippen LogP contribution in [0.2, 0.25) is 0 Å². The van der Waals surface area contributed by atoms with Gasteiger partial charge in [-0.2, -0.15) is 0 Å². The highest BCUT2D eigenvalue weighted by Crippen LogP contribution is 2.23. The third-order valence-corrected chi connectivity index (χ3v) is 4.11. The minimum atomic E-state index is -0.356. The summed E-state index contributed by atoms with van der Waals surface area (Å²) in [4.78, 5) is 24.9. The minimum absolute atomic E-state index is 0.0651. The molecule has 25 heavy (non-hydrogen) atoms. The summed E-state index contributed by atoms with van der Waals surface area (Å²) in [5.74, 6) is 1.27. The maximum Gasteiger partial charge on any atom is 0.260 e. The molecule has 6 nitrogen and oxygen atoms in total. The number of likely N-dealkylation sites (tertiary alicyclic amines) is 1. The van der Waals surface area contributed by atoms with Gasteiger partial charge in [-0.1, -0.05) is 18.2 Å². The number of para-hydroxylation sites is 1. The van der Waals surface area contributed by atoms with E-state index in [1.807, 2.05) is 30.3 Å². The topological polar surface area (TPSA) is 81.9 Å². The zero-order valence-electron chi connectivity index (χ0n) is 13.8. The van der Waals surface area contributed by atoms with Gasteiger partial charge in [-0.15, -0.1) is 0 Å². The third kappa shape index (κ3) is 4.50. The first-order valence-corrected chi connectivity index (χ1v) is 8.14. The first-order chi connectivity index (χ1) is 12.1. The number of carbonyl (C=O) groups excluding carboxylic acids is 2. The summed E-state index contributed by atoms with van der Waals surface area (Å²) in [5.41, 5.74) is 5.27. The largest absolute Gasteiger partial charge is 0.484 e. The number of amides is 2. The monoisotopic (exact) mass is 340 g/mol. The molecule has 130 valence electrons. The van der Waals surface area contributed by atoms with E-state index in [1.165, 1.54) is 0 Å². The number of hydrogen-bond acceptors (Lipinski definition) is 4. The molecule has 2 amide bonds. The Hall–Kier alpha value is -3.02. The van der Waals surface area contributed by atoms with E-state index < -0.39 is 0 Å². The van der Waals surface area contributed by atoms with E-state index in [9.17, 15) is 9.59 Å². The molecule has 0 saturated carbocycles. The average molecular weight is 340 g/mol. The molecular formula is C19H20N2O4. The number of benzene rings is 2. The van der Waals surface area contributed by atoms with Crippen molar-refractivity contribution in [2.75, 3.05) is 19.7 Å². The van der Waals surface area contributed by atoms with Gasteiger partial charge in [-0.05, 0) is 42.8 Å². The molecule has 3 rings (SSSR count). The lowest BCUT2D eigenvalue weighted by Crippen LogP contribution is -2.34. The van der Waals surface area contributed by atoms with E-state index in [-0.39, 0.29) is 24.3 Å². The molecule has 1 aliphatic heterocycles. The van der Waals surface area contributed by atoms with Crippen LogP contribution >= 0.6 is 0 Å². The van der Waals surface area contributed by atoms with E-state index in [0.29, 0.717) is 31.0 Å². The summed E-state index contributed by atoms with van der Waals surface area (Å²) in [6.07, 6.45) is 0.618. The summed E-state index contributed by atoms with van der Waals surface area (Å²) in [6.45, 7) is 0.853. The zero-order chi connectivity index (χ0) is 17.6. The molecule has 1 aliphatic rings. The molecule has 0 unspecified atom stereocenters. The highest BCUT2D eigenvalue weighted by molar-refractivity contribution is 5.81. The molecule has 2 N–H and O–H groups in total. The second-order valence-corrected chi connectivity index (χ2v) is 5.90. The smallest absolute Gasteiger partial charge is 0.260 e. The van der Waals surface area contributed by atoms with Crippen LogP contribution in [0.15, 0.2) is 54.6 Å². The van der Waals surface area contributed by atoms with Gasteiger partial charge in [0.25, 0.3) is 5.91 Å². The number of primary amides is 1. The molecule has 1 atom stereocenters. The van der Waals surface area contributed by atoms with Crippen LogP contribution in [-0.2, 0) is 9.59 Å². The van der Waals surface area contributed by atoms with Gasteiger partial charge in [0.05, 0.1) is 5.92 Å². The number of ether oxygens (including phenoxy) is 2. The Labute approximate surface area is 146 Å². The Kier molecular flexibility index (Phi) is 5.18. The van der Waals surface area contributed by atoms with E-state index in [0.717, 1.165) is 5.75 Å². The quantitative estimate of drug-likeness (QED) is 0.874. The first-order valence-electron chi connectivity index (χ1n) is 8.14. The van der Waals surface area contributed by atoms with Crippen molar-refractivity contribution in [2.24, 2.45) is 11.7 Å². The fraction of sp³-hybridized carbons (Fsp3) is 0.263. The van der Waals surface area contributed by atoms with Gasteiger partial charge in [0.1, 0.15) is 17.2 Å². The Balaban J connectivity index is 1.49. The van der Waals surface area contributed by atoms with Gasteiger partial charge in [0, 0.05) is 13.1 Å². The van der Waals surface area contributed by atoms with E-state index >= 15 is 0 Å². The summed E-state index contributed by atoms with van der Waals surface area (Å²) in [6, 6.07) is 16.5. The molecule has 1 fully saturated rings. The highest BCUT2D eigenvalue weighted by Gasteiger charge is 2.29. The van der Waals surface area contributed by atoms with Gasteiger partial charge < -0.3 is 20.1 Å². The third-order valence-electron chi connectivity index (χ3n) is 4.11. The Morgan fingerprint density at radius 1 is 1.00 bits per heavy atom. The summed E-state index contributed by atoms with van der Waals surface area (Å²) < 4.78 is 11.2. The van der Waals surface area contributed by atoms with Crippen LogP contribution in [0.3, 0.4) is 0 Å². The number of carbonyl (C=O) groups is 2. The number of rotatable bonds is 6. The molecular weight excluding hydrogens is 320 g/mol. The van der Waals surface area contributed by atoms with Gasteiger partial charge in [-0.25, -0.2) is 0 Å². The lowest BCUT2D eigenvalue weighted by Gasteiger charge is -2.16. The van der Waals surface area contributed by atoms with Crippen LogP contribution < -0.4 is 15.2 Å². The lowest BCUT2D eigenvalue weighted by atomic mass is 10.1. The van der Waals surface area contributed by atoms with Crippen LogP contribution in [-0.4, -0.2) is 36.4 Å². The van der Waals surface area contributed by atoms with Crippen molar-refractivity contribution in [3.63, 3.8) is 0 Å². The Morgan fingerprint density at radius 2 is 1.64 bits per heavy atom. The minimum Gasteiger partial charge on any atom is -0.484 e. The molecule has 1 heterocycles. The predicted molar refractivity (Wildman–Crippen MR) is 92.3 cm³/mol. The normalized spacial score (nSPS) is 16.5. The maximum absolute atomic E-state index is 12.1. The van der Waals surface area contributed by atoms with Crippen molar-refractivity contribution in [3.8, 4) is 17.2 Å². The van der Waals surface area contributed by atoms with Crippen LogP contribution in [0.5, 0.6) is 17.2 Å². The second kappa shape index (κ2) is 7.70. The van der Waals surface area contributed by atoms with Crippen molar-refractivity contribution in [1.82, 2.24) is 4.90 Å². The average Bonchev–Trinajstić information content (AvgIpc) is 3.12. The van der Waals surface area contributed by atoms with Crippen molar-refractivity contribution < 1.29 is 19.1 Å². The van der Waals surface area contributed by atoms with E-state index in [1.54, 1.807) is 29.2 Å². The van der Waals surface area contributed by atoms with Crippen molar-refractivity contribution in [2.45, 2.75) is 6.42 Å². The summed E-state index contributed by atoms with van der Waals surface area (Å²) >= 11 is 0. The van der Waals surface area contributed by atoms with Crippen LogP contribution in [0.25, 0.3) is 0 Å². The first kappa shape index (κ1) is 16.8. The Bertz CT molecular complexity index is 731. The second-order valence-electron chi connectivity index (χ2n) is 5.90. The zero-order valence-corrected chi connectivity index (χ0v) is 13.8. The summed E-state index contributed by atoms with van der Waals surface area (Å²) in [7, 11) is 0. The van der Waals surface area contributed by atoms with Crippen molar-refractivity contribution in [3.05, 3.63) is 54.6 Å². The highest BCUT2D eigenvalue weighted by atomic mass is 16.5. The van der Waals surface area contributed by atoms with Gasteiger partial charge in [0.15, 0.2) is 6.61 Å². The molecule has 0 aromatic heterocycles. The van der Waals surface area contributed by atoms with E-state index in [2.05, 4.69) is 0 Å². The van der Waals surface area contributed by atoms with Gasteiger partial charge in [0.2, 0.25) is 5.91 Å². The molecule has 0 radical (unpaired) electrons. The predicted octanol–water partition coefficient (Wildman–Crippen LogP) is 2.19. The molecule has 0 aliphatic carbocycles. The molecule has 1 saturated heterocycles. The number of nitrogens with two attached hydrogens (primary N) is 1. The number of nitrogens with zero attached hydrogens (tertiary/aromatic N) is 1. The fourth-order valence-corrected chi connectivity index (χ4v) is 2.68.